The molecule has 2 rings (SSSR count). The van der Waals surface area contributed by atoms with Gasteiger partial charge in [0.2, 0.25) is 0 Å². The van der Waals surface area contributed by atoms with Crippen LogP contribution in [0.5, 0.6) is 0 Å². The standard InChI is InChI=1S/C12H11BrN2OS/c1-7-3-4-10(9(13)5-7)15-12(16)11-8(2)17-6-14-11/h3-6H,1-2H3,(H,15,16). The number of carbonyl (C=O) groups excluding carboxylic acids is 1. The molecule has 1 N–H and O–H groups in total. The van der Waals surface area contributed by atoms with Crippen LogP contribution in [0.4, 0.5) is 5.69 Å². The number of nitrogens with zero attached hydrogens (tertiary/aromatic N) is 1. The van der Waals surface area contributed by atoms with Gasteiger partial charge < -0.3 is 5.32 Å². The first kappa shape index (κ1) is 12.3. The van der Waals surface area contributed by atoms with E-state index in [0.29, 0.717) is 5.69 Å². The van der Waals surface area contributed by atoms with Crippen molar-refractivity contribution < 1.29 is 4.79 Å². The Balaban J connectivity index is 2.22. The van der Waals surface area contributed by atoms with Crippen LogP contribution in [-0.4, -0.2) is 10.9 Å². The van der Waals surface area contributed by atoms with Crippen molar-refractivity contribution in [2.75, 3.05) is 5.32 Å². The molecule has 0 spiro atoms. The van der Waals surface area contributed by atoms with Gasteiger partial charge in [0.1, 0.15) is 5.69 Å². The van der Waals surface area contributed by atoms with Crippen LogP contribution in [0.1, 0.15) is 20.9 Å². The van der Waals surface area contributed by atoms with E-state index in [1.165, 1.54) is 11.3 Å². The molecule has 0 saturated carbocycles. The molecule has 1 heterocycles. The molecular weight excluding hydrogens is 300 g/mol. The summed E-state index contributed by atoms with van der Waals surface area (Å²) in [7, 11) is 0. The molecule has 0 fully saturated rings. The summed E-state index contributed by atoms with van der Waals surface area (Å²) >= 11 is 4.89. The second kappa shape index (κ2) is 4.98. The van der Waals surface area contributed by atoms with Gasteiger partial charge in [0.25, 0.3) is 5.91 Å². The number of carbonyl (C=O) groups is 1. The van der Waals surface area contributed by atoms with E-state index in [2.05, 4.69) is 26.2 Å². The molecule has 17 heavy (non-hydrogen) atoms. The zero-order valence-electron chi connectivity index (χ0n) is 9.45. The maximum atomic E-state index is 11.9. The quantitative estimate of drug-likeness (QED) is 0.917. The van der Waals surface area contributed by atoms with Crippen molar-refractivity contribution in [1.82, 2.24) is 4.98 Å². The summed E-state index contributed by atoms with van der Waals surface area (Å²) in [5.41, 5.74) is 4.06. The van der Waals surface area contributed by atoms with E-state index in [0.717, 1.165) is 20.6 Å². The third-order valence-electron chi connectivity index (χ3n) is 2.33. The van der Waals surface area contributed by atoms with Gasteiger partial charge in [-0.2, -0.15) is 0 Å². The summed E-state index contributed by atoms with van der Waals surface area (Å²) in [5, 5.41) is 2.84. The summed E-state index contributed by atoms with van der Waals surface area (Å²) < 4.78 is 0.874. The third kappa shape index (κ3) is 2.73. The minimum Gasteiger partial charge on any atom is -0.320 e. The topological polar surface area (TPSA) is 42.0 Å². The number of aryl methyl sites for hydroxylation is 2. The lowest BCUT2D eigenvalue weighted by Crippen LogP contribution is -2.13. The summed E-state index contributed by atoms with van der Waals surface area (Å²) in [6, 6.07) is 5.79. The van der Waals surface area contributed by atoms with Gasteiger partial charge >= 0.3 is 0 Å². The number of hydrogen-bond donors (Lipinski definition) is 1. The number of nitrogens with one attached hydrogen (secondary N) is 1. The Labute approximate surface area is 112 Å². The lowest BCUT2D eigenvalue weighted by Gasteiger charge is -2.07. The van der Waals surface area contributed by atoms with Crippen molar-refractivity contribution in [2.45, 2.75) is 13.8 Å². The maximum Gasteiger partial charge on any atom is 0.275 e. The van der Waals surface area contributed by atoms with Crippen molar-refractivity contribution in [2.24, 2.45) is 0 Å². The van der Waals surface area contributed by atoms with Crippen molar-refractivity contribution in [3.8, 4) is 0 Å². The van der Waals surface area contributed by atoms with Crippen molar-refractivity contribution in [3.63, 3.8) is 0 Å². The molecule has 0 atom stereocenters. The van der Waals surface area contributed by atoms with Gasteiger partial charge in [0, 0.05) is 9.35 Å². The average Bonchev–Trinajstić information content (AvgIpc) is 2.68. The average molecular weight is 311 g/mol. The molecule has 1 aromatic carbocycles. The highest BCUT2D eigenvalue weighted by Crippen LogP contribution is 2.24. The molecule has 3 nitrogen and oxygen atoms in total. The summed E-state index contributed by atoms with van der Waals surface area (Å²) in [4.78, 5) is 16.9. The van der Waals surface area contributed by atoms with Crippen molar-refractivity contribution in [3.05, 3.63) is 44.3 Å². The predicted molar refractivity (Wildman–Crippen MR) is 73.7 cm³/mol. The van der Waals surface area contributed by atoms with E-state index in [9.17, 15) is 4.79 Å². The zero-order chi connectivity index (χ0) is 12.4. The first-order valence-corrected chi connectivity index (χ1v) is 6.73. The van der Waals surface area contributed by atoms with Gasteiger partial charge in [0.05, 0.1) is 11.2 Å². The SMILES string of the molecule is Cc1ccc(NC(=O)c2ncsc2C)c(Br)c1. The van der Waals surface area contributed by atoms with Crippen LogP contribution < -0.4 is 5.32 Å². The van der Waals surface area contributed by atoms with Crippen molar-refractivity contribution in [1.29, 1.82) is 0 Å². The molecule has 0 aliphatic heterocycles. The molecule has 0 unspecified atom stereocenters. The third-order valence-corrected chi connectivity index (χ3v) is 3.75. The van der Waals surface area contributed by atoms with Crippen LogP contribution in [0, 0.1) is 13.8 Å². The van der Waals surface area contributed by atoms with E-state index in [1.807, 2.05) is 32.0 Å². The lowest BCUT2D eigenvalue weighted by molar-refractivity contribution is 0.102. The predicted octanol–water partition coefficient (Wildman–Crippen LogP) is 3.77. The molecule has 0 bridgehead atoms. The Kier molecular flexibility index (Phi) is 3.59. The van der Waals surface area contributed by atoms with Crippen molar-refractivity contribution >= 4 is 38.9 Å². The summed E-state index contributed by atoms with van der Waals surface area (Å²) in [6.07, 6.45) is 0. The maximum absolute atomic E-state index is 11.9. The fraction of sp³-hybridized carbons (Fsp3) is 0.167. The largest absolute Gasteiger partial charge is 0.320 e. The summed E-state index contributed by atoms with van der Waals surface area (Å²) in [5.74, 6) is -0.173. The fourth-order valence-electron chi connectivity index (χ4n) is 1.43. The zero-order valence-corrected chi connectivity index (χ0v) is 11.9. The summed E-state index contributed by atoms with van der Waals surface area (Å²) in [6.45, 7) is 3.89. The van der Waals surface area contributed by atoms with E-state index >= 15 is 0 Å². The van der Waals surface area contributed by atoms with E-state index < -0.39 is 0 Å². The lowest BCUT2D eigenvalue weighted by atomic mass is 10.2. The molecule has 0 saturated heterocycles. The Hall–Kier alpha value is -1.20. The van der Waals surface area contributed by atoms with E-state index in [4.69, 9.17) is 0 Å². The van der Waals surface area contributed by atoms with Crippen LogP contribution in [-0.2, 0) is 0 Å². The number of rotatable bonds is 2. The number of halogens is 1. The molecule has 0 aliphatic rings. The molecule has 1 amide bonds. The molecule has 5 heteroatoms. The highest BCUT2D eigenvalue weighted by molar-refractivity contribution is 9.10. The number of anilines is 1. The highest BCUT2D eigenvalue weighted by atomic mass is 79.9. The van der Waals surface area contributed by atoms with E-state index in [-0.39, 0.29) is 5.91 Å². The first-order chi connectivity index (χ1) is 8.08. The van der Waals surface area contributed by atoms with Gasteiger partial charge in [-0.25, -0.2) is 4.98 Å². The van der Waals surface area contributed by atoms with Crippen LogP contribution in [0.2, 0.25) is 0 Å². The Morgan fingerprint density at radius 2 is 2.18 bits per heavy atom. The number of thiazole rings is 1. The molecule has 1 aromatic heterocycles. The Morgan fingerprint density at radius 1 is 1.41 bits per heavy atom. The minimum absolute atomic E-state index is 0.173. The minimum atomic E-state index is -0.173. The Morgan fingerprint density at radius 3 is 2.76 bits per heavy atom. The molecule has 0 aliphatic carbocycles. The van der Waals surface area contributed by atoms with Gasteiger partial charge in [0.15, 0.2) is 0 Å². The fourth-order valence-corrected chi connectivity index (χ4v) is 2.59. The highest BCUT2D eigenvalue weighted by Gasteiger charge is 2.13. The normalized spacial score (nSPS) is 10.3. The van der Waals surface area contributed by atoms with Crippen LogP contribution in [0.25, 0.3) is 0 Å². The molecule has 88 valence electrons. The van der Waals surface area contributed by atoms with Crippen LogP contribution >= 0.6 is 27.3 Å². The number of hydrogen-bond acceptors (Lipinski definition) is 3. The Bertz CT molecular complexity index is 565. The second-order valence-electron chi connectivity index (χ2n) is 3.69. The van der Waals surface area contributed by atoms with Gasteiger partial charge in [-0.1, -0.05) is 6.07 Å². The number of aromatic nitrogens is 1. The van der Waals surface area contributed by atoms with Crippen LogP contribution in [0.15, 0.2) is 28.2 Å². The van der Waals surface area contributed by atoms with Gasteiger partial charge in [-0.3, -0.25) is 4.79 Å². The number of benzene rings is 1. The van der Waals surface area contributed by atoms with Gasteiger partial charge in [-0.15, -0.1) is 11.3 Å². The number of amides is 1. The monoisotopic (exact) mass is 310 g/mol. The van der Waals surface area contributed by atoms with Crippen LogP contribution in [0.3, 0.4) is 0 Å². The van der Waals surface area contributed by atoms with E-state index in [1.54, 1.807) is 5.51 Å². The second-order valence-corrected chi connectivity index (χ2v) is 5.61. The smallest absolute Gasteiger partial charge is 0.275 e. The first-order valence-electron chi connectivity index (χ1n) is 5.05. The molecular formula is C12H11BrN2OS. The van der Waals surface area contributed by atoms with Gasteiger partial charge in [-0.05, 0) is 47.5 Å². The molecule has 2 aromatic rings. The molecule has 0 radical (unpaired) electrons.